The smallest absolute Gasteiger partial charge is 0.266 e. The molecule has 5 nitrogen and oxygen atoms in total. The lowest BCUT2D eigenvalue weighted by molar-refractivity contribution is -0.131. The van der Waals surface area contributed by atoms with Crippen molar-refractivity contribution in [3.05, 3.63) is 27.3 Å². The van der Waals surface area contributed by atoms with Crippen LogP contribution in [0.25, 0.3) is 6.08 Å². The zero-order chi connectivity index (χ0) is 18.9. The van der Waals surface area contributed by atoms with Crippen LogP contribution in [0.1, 0.15) is 37.5 Å². The first-order valence-electron chi connectivity index (χ1n) is 8.74. The third kappa shape index (κ3) is 5.90. The molecule has 0 atom stereocenters. The zero-order valence-corrected chi connectivity index (χ0v) is 17.3. The van der Waals surface area contributed by atoms with Gasteiger partial charge in [-0.1, -0.05) is 30.0 Å². The Morgan fingerprint density at radius 3 is 2.85 bits per heavy atom. The Morgan fingerprint density at radius 1 is 1.38 bits per heavy atom. The van der Waals surface area contributed by atoms with Gasteiger partial charge in [-0.25, -0.2) is 0 Å². The van der Waals surface area contributed by atoms with E-state index in [1.165, 1.54) is 11.8 Å². The number of carbonyl (C=O) groups excluding carboxylic acids is 2. The minimum Gasteiger partial charge on any atom is -0.396 e. The van der Waals surface area contributed by atoms with E-state index < -0.39 is 0 Å². The molecule has 1 N–H and O–H groups in total. The van der Waals surface area contributed by atoms with Crippen LogP contribution in [0.3, 0.4) is 0 Å². The molecule has 0 bridgehead atoms. The predicted molar refractivity (Wildman–Crippen MR) is 112 cm³/mol. The largest absolute Gasteiger partial charge is 0.396 e. The normalized spacial score (nSPS) is 15.9. The molecule has 26 heavy (non-hydrogen) atoms. The number of hydrogen-bond donors (Lipinski definition) is 1. The first-order valence-corrected chi connectivity index (χ1v) is 10.8. The minimum absolute atomic E-state index is 0.0730. The third-order valence-electron chi connectivity index (χ3n) is 4.03. The second kappa shape index (κ2) is 10.8. The van der Waals surface area contributed by atoms with Crippen molar-refractivity contribution in [2.24, 2.45) is 0 Å². The van der Waals surface area contributed by atoms with Crippen LogP contribution in [-0.2, 0) is 9.59 Å². The number of unbranched alkanes of at least 4 members (excludes halogenated alkanes) is 1. The maximum Gasteiger partial charge on any atom is 0.266 e. The summed E-state index contributed by atoms with van der Waals surface area (Å²) < 4.78 is 0.556. The molecule has 2 rings (SSSR count). The first-order chi connectivity index (χ1) is 12.6. The Hall–Kier alpha value is -1.22. The molecule has 0 aromatic carbocycles. The van der Waals surface area contributed by atoms with Gasteiger partial charge in [0.2, 0.25) is 5.91 Å². The Balaban J connectivity index is 1.82. The molecule has 1 aromatic rings. The van der Waals surface area contributed by atoms with Crippen molar-refractivity contribution in [1.29, 1.82) is 0 Å². The minimum atomic E-state index is -0.0730. The summed E-state index contributed by atoms with van der Waals surface area (Å²) in [7, 11) is 0. The summed E-state index contributed by atoms with van der Waals surface area (Å²) in [5.41, 5.74) is 0. The Kier molecular flexibility index (Phi) is 8.77. The molecule has 1 aliphatic rings. The maximum atomic E-state index is 12.5. The zero-order valence-electron chi connectivity index (χ0n) is 14.8. The molecule has 1 aromatic heterocycles. The highest BCUT2D eigenvalue weighted by atomic mass is 32.2. The van der Waals surface area contributed by atoms with Gasteiger partial charge in [0, 0.05) is 37.5 Å². The molecule has 0 spiro atoms. The monoisotopic (exact) mass is 412 g/mol. The van der Waals surface area contributed by atoms with Crippen LogP contribution >= 0.6 is 35.3 Å². The van der Waals surface area contributed by atoms with Gasteiger partial charge in [0.25, 0.3) is 5.91 Å². The van der Waals surface area contributed by atoms with E-state index in [1.807, 2.05) is 30.5 Å². The maximum absolute atomic E-state index is 12.5. The van der Waals surface area contributed by atoms with Gasteiger partial charge in [-0.3, -0.25) is 14.5 Å². The Labute approximate surface area is 168 Å². The van der Waals surface area contributed by atoms with Crippen molar-refractivity contribution in [2.75, 3.05) is 26.2 Å². The summed E-state index contributed by atoms with van der Waals surface area (Å²) >= 11 is 8.23. The summed E-state index contributed by atoms with van der Waals surface area (Å²) in [5, 5.41) is 10.8. The van der Waals surface area contributed by atoms with Crippen molar-refractivity contribution in [3.8, 4) is 0 Å². The third-order valence-corrected chi connectivity index (χ3v) is 6.23. The molecule has 1 fully saturated rings. The number of rotatable bonds is 10. The van der Waals surface area contributed by atoms with Gasteiger partial charge in [-0.05, 0) is 43.7 Å². The lowest BCUT2D eigenvalue weighted by atomic mass is 10.2. The van der Waals surface area contributed by atoms with Crippen LogP contribution in [0.15, 0.2) is 22.4 Å². The Morgan fingerprint density at radius 2 is 2.19 bits per heavy atom. The van der Waals surface area contributed by atoms with E-state index in [0.717, 1.165) is 11.3 Å². The fraction of sp³-hybridized carbons (Fsp3) is 0.500. The second-order valence-electron chi connectivity index (χ2n) is 5.86. The quantitative estimate of drug-likeness (QED) is 0.363. The van der Waals surface area contributed by atoms with E-state index in [-0.39, 0.29) is 18.4 Å². The number of nitrogens with zero attached hydrogens (tertiary/aromatic N) is 2. The van der Waals surface area contributed by atoms with E-state index in [9.17, 15) is 9.59 Å². The summed E-state index contributed by atoms with van der Waals surface area (Å²) in [6.07, 6.45) is 4.37. The van der Waals surface area contributed by atoms with Crippen molar-refractivity contribution < 1.29 is 14.7 Å². The molecule has 2 heterocycles. The number of amides is 2. The molecule has 1 aliphatic heterocycles. The average molecular weight is 413 g/mol. The van der Waals surface area contributed by atoms with E-state index >= 15 is 0 Å². The van der Waals surface area contributed by atoms with Crippen LogP contribution in [0.5, 0.6) is 0 Å². The number of carbonyl (C=O) groups is 2. The van der Waals surface area contributed by atoms with Gasteiger partial charge in [-0.15, -0.1) is 11.3 Å². The average Bonchev–Trinajstić information content (AvgIpc) is 3.22. The first kappa shape index (κ1) is 21.1. The van der Waals surface area contributed by atoms with Crippen LogP contribution in [-0.4, -0.2) is 57.3 Å². The van der Waals surface area contributed by atoms with Crippen molar-refractivity contribution in [1.82, 2.24) is 9.80 Å². The molecule has 0 saturated carbocycles. The molecule has 0 aliphatic carbocycles. The predicted octanol–water partition coefficient (Wildman–Crippen LogP) is 3.35. The molecular formula is C18H24N2O3S3. The summed E-state index contributed by atoms with van der Waals surface area (Å²) in [4.78, 5) is 29.9. The van der Waals surface area contributed by atoms with Gasteiger partial charge in [0.15, 0.2) is 0 Å². The highest BCUT2D eigenvalue weighted by Gasteiger charge is 2.31. The van der Waals surface area contributed by atoms with Crippen molar-refractivity contribution in [2.45, 2.75) is 32.6 Å². The lowest BCUT2D eigenvalue weighted by Gasteiger charge is -2.21. The van der Waals surface area contributed by atoms with E-state index in [0.29, 0.717) is 48.1 Å². The number of thioether (sulfide) groups is 1. The van der Waals surface area contributed by atoms with E-state index in [4.69, 9.17) is 17.3 Å². The number of thiophene rings is 1. The number of aliphatic hydroxyl groups excluding tert-OH is 1. The number of thiocarbonyl (C=S) groups is 1. The van der Waals surface area contributed by atoms with Crippen LogP contribution in [0.2, 0.25) is 0 Å². The van der Waals surface area contributed by atoms with Gasteiger partial charge in [0.1, 0.15) is 4.32 Å². The van der Waals surface area contributed by atoms with Gasteiger partial charge >= 0.3 is 0 Å². The van der Waals surface area contributed by atoms with Crippen LogP contribution in [0.4, 0.5) is 0 Å². The lowest BCUT2D eigenvalue weighted by Crippen LogP contribution is -2.33. The van der Waals surface area contributed by atoms with Gasteiger partial charge in [-0.2, -0.15) is 0 Å². The summed E-state index contributed by atoms with van der Waals surface area (Å²) in [6.45, 7) is 3.90. The molecule has 0 radical (unpaired) electrons. The molecule has 142 valence electrons. The molecule has 0 unspecified atom stereocenters. The standard InChI is InChI=1S/C18H24N2O3S3/c1-2-19(9-3-4-11-21)16(22)8-5-10-20-17(23)15(26-18(20)24)13-14-7-6-12-25-14/h6-7,12-13,21H,2-5,8-11H2,1H3. The number of aliphatic hydroxyl groups is 1. The van der Waals surface area contributed by atoms with Crippen molar-refractivity contribution in [3.63, 3.8) is 0 Å². The van der Waals surface area contributed by atoms with Crippen LogP contribution in [0, 0.1) is 0 Å². The molecule has 8 heteroatoms. The summed E-state index contributed by atoms with van der Waals surface area (Å²) in [5.74, 6) is 0.0150. The van der Waals surface area contributed by atoms with Gasteiger partial charge < -0.3 is 10.0 Å². The SMILES string of the molecule is CCN(CCCCO)C(=O)CCCN1C(=O)C(=Cc2cccs2)SC1=S. The van der Waals surface area contributed by atoms with E-state index in [1.54, 1.807) is 21.1 Å². The Bertz CT molecular complexity index is 659. The van der Waals surface area contributed by atoms with Gasteiger partial charge in [0.05, 0.1) is 4.91 Å². The van der Waals surface area contributed by atoms with E-state index in [2.05, 4.69) is 0 Å². The molecule has 2 amide bonds. The highest BCUT2D eigenvalue weighted by Crippen LogP contribution is 2.33. The fourth-order valence-corrected chi connectivity index (χ4v) is 4.65. The molecule has 1 saturated heterocycles. The fourth-order valence-electron chi connectivity index (χ4n) is 2.62. The second-order valence-corrected chi connectivity index (χ2v) is 8.51. The molecular weight excluding hydrogens is 388 g/mol. The summed E-state index contributed by atoms with van der Waals surface area (Å²) in [6, 6.07) is 3.91. The topological polar surface area (TPSA) is 60.9 Å². The highest BCUT2D eigenvalue weighted by molar-refractivity contribution is 8.26. The number of hydrogen-bond acceptors (Lipinski definition) is 6. The van der Waals surface area contributed by atoms with Crippen LogP contribution < -0.4 is 0 Å². The van der Waals surface area contributed by atoms with Crippen molar-refractivity contribution >= 4 is 57.5 Å².